The fraction of sp³-hybridized carbons (Fsp3) is 0.391. The number of nitrogens with two attached hydrogens (primary N) is 1. The second-order valence-electron chi connectivity index (χ2n) is 7.79. The Balaban J connectivity index is 1.31. The van der Waals surface area contributed by atoms with Crippen LogP contribution in [0.3, 0.4) is 0 Å². The molecule has 6 heteroatoms. The van der Waals surface area contributed by atoms with Crippen LogP contribution in [0.25, 0.3) is 0 Å². The first-order valence-electron chi connectivity index (χ1n) is 10.3. The third-order valence-electron chi connectivity index (χ3n) is 5.76. The molecule has 152 valence electrons. The molecule has 2 fully saturated rings. The van der Waals surface area contributed by atoms with Crippen molar-refractivity contribution in [3.8, 4) is 5.75 Å². The average Bonchev–Trinajstić information content (AvgIpc) is 3.14. The molecule has 0 aromatic heterocycles. The Morgan fingerprint density at radius 1 is 1.07 bits per heavy atom. The number of amides is 1. The molecular weight excluding hydrogens is 366 g/mol. The summed E-state index contributed by atoms with van der Waals surface area (Å²) in [4.78, 5) is 13.8. The lowest BCUT2D eigenvalue weighted by molar-refractivity contribution is 0.105. The third-order valence-corrected chi connectivity index (χ3v) is 5.76. The van der Waals surface area contributed by atoms with Crippen LogP contribution in [0.2, 0.25) is 0 Å². The lowest BCUT2D eigenvalue weighted by Crippen LogP contribution is -2.26. The van der Waals surface area contributed by atoms with Crippen molar-refractivity contribution >= 4 is 17.6 Å². The predicted molar refractivity (Wildman–Crippen MR) is 113 cm³/mol. The topological polar surface area (TPSA) is 88.6 Å². The molecule has 1 saturated heterocycles. The summed E-state index contributed by atoms with van der Waals surface area (Å²) < 4.78 is 11.3. The van der Waals surface area contributed by atoms with E-state index in [9.17, 15) is 4.79 Å². The highest BCUT2D eigenvalue weighted by atomic mass is 16.6. The molecule has 2 aliphatic rings. The summed E-state index contributed by atoms with van der Waals surface area (Å²) in [5.74, 6) is 1.47. The average molecular weight is 393 g/mol. The summed E-state index contributed by atoms with van der Waals surface area (Å²) in [5.41, 5.74) is 8.21. The number of carbonyl (C=O) groups excluding carboxylic acids is 1. The van der Waals surface area contributed by atoms with Gasteiger partial charge in [-0.25, -0.2) is 4.79 Å². The van der Waals surface area contributed by atoms with Crippen molar-refractivity contribution in [2.24, 2.45) is 5.73 Å². The Bertz CT molecular complexity index is 858. The first-order valence-corrected chi connectivity index (χ1v) is 10.3. The lowest BCUT2D eigenvalue weighted by atomic mass is 9.84. The van der Waals surface area contributed by atoms with Crippen LogP contribution in [-0.4, -0.2) is 31.2 Å². The molecule has 0 spiro atoms. The molecule has 0 bridgehead atoms. The van der Waals surface area contributed by atoms with Crippen molar-refractivity contribution in [1.82, 2.24) is 0 Å². The summed E-state index contributed by atoms with van der Waals surface area (Å²) in [6.45, 7) is 0.745. The SMILES string of the molecule is N=C(N)c1ccc(N2CC(COc3ccc(C4CCCCC4)cc3)OC2=O)cc1. The van der Waals surface area contributed by atoms with Gasteiger partial charge in [-0.1, -0.05) is 31.4 Å². The maximum absolute atomic E-state index is 12.2. The van der Waals surface area contributed by atoms with Crippen molar-refractivity contribution in [2.45, 2.75) is 44.1 Å². The summed E-state index contributed by atoms with van der Waals surface area (Å²) in [5, 5.41) is 7.45. The van der Waals surface area contributed by atoms with E-state index in [1.54, 1.807) is 29.2 Å². The van der Waals surface area contributed by atoms with Gasteiger partial charge in [0.25, 0.3) is 0 Å². The molecule has 0 radical (unpaired) electrons. The fourth-order valence-electron chi connectivity index (χ4n) is 4.10. The molecule has 2 aromatic rings. The summed E-state index contributed by atoms with van der Waals surface area (Å²) in [7, 11) is 0. The van der Waals surface area contributed by atoms with Crippen LogP contribution in [0.4, 0.5) is 10.5 Å². The largest absolute Gasteiger partial charge is 0.490 e. The normalized spacial score (nSPS) is 19.8. The maximum Gasteiger partial charge on any atom is 0.414 e. The zero-order chi connectivity index (χ0) is 20.2. The molecule has 2 aromatic carbocycles. The monoisotopic (exact) mass is 393 g/mol. The number of hydrogen-bond donors (Lipinski definition) is 2. The van der Waals surface area contributed by atoms with Crippen LogP contribution < -0.4 is 15.4 Å². The first kappa shape index (κ1) is 19.3. The van der Waals surface area contributed by atoms with Gasteiger partial charge in [-0.15, -0.1) is 0 Å². The van der Waals surface area contributed by atoms with Gasteiger partial charge in [0.1, 0.15) is 18.2 Å². The van der Waals surface area contributed by atoms with Crippen LogP contribution >= 0.6 is 0 Å². The van der Waals surface area contributed by atoms with Gasteiger partial charge in [0.2, 0.25) is 0 Å². The number of ether oxygens (including phenoxy) is 2. The number of anilines is 1. The molecule has 4 rings (SSSR count). The molecule has 1 aliphatic carbocycles. The van der Waals surface area contributed by atoms with E-state index in [-0.39, 0.29) is 18.0 Å². The van der Waals surface area contributed by atoms with Crippen molar-refractivity contribution < 1.29 is 14.3 Å². The first-order chi connectivity index (χ1) is 14.1. The van der Waals surface area contributed by atoms with Crippen molar-refractivity contribution in [3.05, 3.63) is 59.7 Å². The number of amidine groups is 1. The van der Waals surface area contributed by atoms with E-state index in [0.717, 1.165) is 11.4 Å². The standard InChI is InChI=1S/C23H27N3O3/c24-22(25)18-6-10-19(11-7-18)26-14-21(29-23(26)27)15-28-20-12-8-17(9-13-20)16-4-2-1-3-5-16/h6-13,16,21H,1-5,14-15H2,(H3,24,25). The number of benzene rings is 2. The van der Waals surface area contributed by atoms with Gasteiger partial charge in [-0.05, 0) is 60.7 Å². The van der Waals surface area contributed by atoms with E-state index < -0.39 is 0 Å². The zero-order valence-corrected chi connectivity index (χ0v) is 16.5. The minimum Gasteiger partial charge on any atom is -0.490 e. The van der Waals surface area contributed by atoms with Gasteiger partial charge >= 0.3 is 6.09 Å². The molecule has 1 saturated carbocycles. The van der Waals surface area contributed by atoms with E-state index in [0.29, 0.717) is 24.6 Å². The highest BCUT2D eigenvalue weighted by molar-refractivity contribution is 5.96. The van der Waals surface area contributed by atoms with E-state index in [2.05, 4.69) is 12.1 Å². The number of hydrogen-bond acceptors (Lipinski definition) is 4. The number of carbonyl (C=O) groups is 1. The maximum atomic E-state index is 12.2. The summed E-state index contributed by atoms with van der Waals surface area (Å²) >= 11 is 0. The van der Waals surface area contributed by atoms with Crippen molar-refractivity contribution in [2.75, 3.05) is 18.1 Å². The minimum atomic E-state index is -0.387. The van der Waals surface area contributed by atoms with Crippen LogP contribution in [0, 0.1) is 5.41 Å². The lowest BCUT2D eigenvalue weighted by Gasteiger charge is -2.22. The van der Waals surface area contributed by atoms with Gasteiger partial charge in [0.05, 0.1) is 6.54 Å². The van der Waals surface area contributed by atoms with Gasteiger partial charge in [-0.2, -0.15) is 0 Å². The quantitative estimate of drug-likeness (QED) is 0.561. The highest BCUT2D eigenvalue weighted by Crippen LogP contribution is 2.33. The van der Waals surface area contributed by atoms with Crippen LogP contribution in [0.1, 0.15) is 49.1 Å². The van der Waals surface area contributed by atoms with Crippen LogP contribution in [0.15, 0.2) is 48.5 Å². The minimum absolute atomic E-state index is 0.00123. The highest BCUT2D eigenvalue weighted by Gasteiger charge is 2.32. The number of rotatable bonds is 6. The van der Waals surface area contributed by atoms with Gasteiger partial charge in [0.15, 0.2) is 6.10 Å². The predicted octanol–water partition coefficient (Wildman–Crippen LogP) is 4.42. The number of nitrogens with one attached hydrogen (secondary N) is 1. The Kier molecular flexibility index (Phi) is 5.69. The Morgan fingerprint density at radius 3 is 2.41 bits per heavy atom. The number of nitrogen functional groups attached to an aromatic ring is 1. The van der Waals surface area contributed by atoms with E-state index in [1.165, 1.54) is 37.7 Å². The van der Waals surface area contributed by atoms with Gasteiger partial charge in [-0.3, -0.25) is 10.3 Å². The molecular formula is C23H27N3O3. The van der Waals surface area contributed by atoms with Gasteiger partial charge in [0, 0.05) is 11.3 Å². The van der Waals surface area contributed by atoms with Crippen LogP contribution in [0.5, 0.6) is 5.75 Å². The van der Waals surface area contributed by atoms with E-state index >= 15 is 0 Å². The molecule has 3 N–H and O–H groups in total. The third kappa shape index (κ3) is 4.53. The number of cyclic esters (lactones) is 1. The summed E-state index contributed by atoms with van der Waals surface area (Å²) in [6, 6.07) is 15.3. The van der Waals surface area contributed by atoms with Gasteiger partial charge < -0.3 is 15.2 Å². The van der Waals surface area contributed by atoms with E-state index in [4.69, 9.17) is 20.6 Å². The molecule has 1 aliphatic heterocycles. The zero-order valence-electron chi connectivity index (χ0n) is 16.5. The van der Waals surface area contributed by atoms with E-state index in [1.807, 2.05) is 12.1 Å². The second kappa shape index (κ2) is 8.55. The smallest absolute Gasteiger partial charge is 0.414 e. The van der Waals surface area contributed by atoms with Crippen LogP contribution in [-0.2, 0) is 4.74 Å². The van der Waals surface area contributed by atoms with Crippen molar-refractivity contribution in [1.29, 1.82) is 5.41 Å². The molecule has 29 heavy (non-hydrogen) atoms. The number of nitrogens with zero attached hydrogens (tertiary/aromatic N) is 1. The molecule has 6 nitrogen and oxygen atoms in total. The molecule has 1 heterocycles. The summed E-state index contributed by atoms with van der Waals surface area (Å²) in [6.07, 6.45) is 5.85. The molecule has 1 unspecified atom stereocenters. The fourth-order valence-corrected chi connectivity index (χ4v) is 4.10. The molecule has 1 amide bonds. The molecule has 1 atom stereocenters. The van der Waals surface area contributed by atoms with Crippen molar-refractivity contribution in [3.63, 3.8) is 0 Å². The Morgan fingerprint density at radius 2 is 1.76 bits per heavy atom. The second-order valence-corrected chi connectivity index (χ2v) is 7.79. The Hall–Kier alpha value is -3.02. The Labute approximate surface area is 171 Å².